The second kappa shape index (κ2) is 6.78. The van der Waals surface area contributed by atoms with Gasteiger partial charge in [-0.05, 0) is 24.5 Å². The van der Waals surface area contributed by atoms with Crippen LogP contribution in [0.4, 0.5) is 0 Å². The van der Waals surface area contributed by atoms with Crippen LogP contribution >= 0.6 is 0 Å². The molecule has 1 N–H and O–H groups in total. The SMILES string of the molecule is CC(=O)C(C(=O)O)C(C)(C)C.c1ccncc1. The first-order valence-electron chi connectivity index (χ1n) is 5.35. The maximum atomic E-state index is 10.9. The molecule has 94 valence electrons. The molecular formula is C13H19NO3. The Hall–Kier alpha value is -1.71. The molecule has 0 saturated carbocycles. The summed E-state index contributed by atoms with van der Waals surface area (Å²) in [6, 6.07) is 5.72. The zero-order valence-electron chi connectivity index (χ0n) is 10.7. The average Bonchev–Trinajstić information content (AvgIpc) is 2.17. The Morgan fingerprint density at radius 2 is 1.59 bits per heavy atom. The van der Waals surface area contributed by atoms with Gasteiger partial charge >= 0.3 is 5.97 Å². The van der Waals surface area contributed by atoms with Crippen LogP contribution in [0.2, 0.25) is 0 Å². The molecule has 1 unspecified atom stereocenters. The number of rotatable bonds is 2. The number of nitrogens with zero attached hydrogens (tertiary/aromatic N) is 1. The minimum Gasteiger partial charge on any atom is -0.481 e. The van der Waals surface area contributed by atoms with Crippen molar-refractivity contribution >= 4 is 11.8 Å². The summed E-state index contributed by atoms with van der Waals surface area (Å²) in [5.41, 5.74) is -0.488. The molecule has 1 heterocycles. The van der Waals surface area contributed by atoms with Gasteiger partial charge in [0.2, 0.25) is 0 Å². The highest BCUT2D eigenvalue weighted by Crippen LogP contribution is 2.26. The van der Waals surface area contributed by atoms with Crippen molar-refractivity contribution in [3.8, 4) is 0 Å². The summed E-state index contributed by atoms with van der Waals surface area (Å²) < 4.78 is 0. The molecule has 4 heteroatoms. The Bertz CT molecular complexity index is 314. The lowest BCUT2D eigenvalue weighted by atomic mass is 9.78. The number of carbonyl (C=O) groups is 2. The van der Waals surface area contributed by atoms with Crippen molar-refractivity contribution in [3.63, 3.8) is 0 Å². The lowest BCUT2D eigenvalue weighted by Crippen LogP contribution is -2.33. The summed E-state index contributed by atoms with van der Waals surface area (Å²) >= 11 is 0. The topological polar surface area (TPSA) is 67.3 Å². The van der Waals surface area contributed by atoms with Crippen LogP contribution in [0.5, 0.6) is 0 Å². The van der Waals surface area contributed by atoms with E-state index >= 15 is 0 Å². The molecule has 0 aliphatic carbocycles. The third kappa shape index (κ3) is 6.45. The minimum atomic E-state index is -1.04. The van der Waals surface area contributed by atoms with Crippen LogP contribution in [0.25, 0.3) is 0 Å². The lowest BCUT2D eigenvalue weighted by Gasteiger charge is -2.24. The lowest BCUT2D eigenvalue weighted by molar-refractivity contribution is -0.150. The molecule has 0 aliphatic heterocycles. The fourth-order valence-electron chi connectivity index (χ4n) is 1.47. The highest BCUT2D eigenvalue weighted by atomic mass is 16.4. The molecule has 0 fully saturated rings. The number of hydrogen-bond donors (Lipinski definition) is 1. The molecule has 1 aromatic heterocycles. The first kappa shape index (κ1) is 15.3. The van der Waals surface area contributed by atoms with E-state index in [4.69, 9.17) is 5.11 Å². The molecule has 1 rings (SSSR count). The van der Waals surface area contributed by atoms with Gasteiger partial charge in [0.1, 0.15) is 11.7 Å². The van der Waals surface area contributed by atoms with Crippen LogP contribution in [-0.2, 0) is 9.59 Å². The van der Waals surface area contributed by atoms with Crippen molar-refractivity contribution in [2.45, 2.75) is 27.7 Å². The Morgan fingerprint density at radius 3 is 1.65 bits per heavy atom. The molecule has 1 aromatic rings. The molecule has 0 saturated heterocycles. The van der Waals surface area contributed by atoms with Crippen LogP contribution in [0, 0.1) is 11.3 Å². The van der Waals surface area contributed by atoms with E-state index in [1.807, 2.05) is 18.2 Å². The Kier molecular flexibility index (Phi) is 6.10. The fourth-order valence-corrected chi connectivity index (χ4v) is 1.47. The Labute approximate surface area is 102 Å². The maximum Gasteiger partial charge on any atom is 0.314 e. The van der Waals surface area contributed by atoms with Crippen molar-refractivity contribution in [2.24, 2.45) is 11.3 Å². The molecule has 1 atom stereocenters. The highest BCUT2D eigenvalue weighted by molar-refractivity contribution is 5.97. The van der Waals surface area contributed by atoms with Gasteiger partial charge in [0.15, 0.2) is 0 Å². The zero-order chi connectivity index (χ0) is 13.5. The monoisotopic (exact) mass is 237 g/mol. The highest BCUT2D eigenvalue weighted by Gasteiger charge is 2.34. The van der Waals surface area contributed by atoms with Crippen molar-refractivity contribution in [3.05, 3.63) is 30.6 Å². The van der Waals surface area contributed by atoms with Crippen LogP contribution in [0.15, 0.2) is 30.6 Å². The molecule has 4 nitrogen and oxygen atoms in total. The molecule has 0 bridgehead atoms. The number of aromatic nitrogens is 1. The smallest absolute Gasteiger partial charge is 0.314 e. The van der Waals surface area contributed by atoms with E-state index in [1.165, 1.54) is 6.92 Å². The number of aliphatic carboxylic acids is 1. The standard InChI is InChI=1S/C8H14O3.C5H5N/c1-5(9)6(7(10)11)8(2,3)4;1-2-4-6-5-3-1/h6H,1-4H3,(H,10,11);1-5H. The largest absolute Gasteiger partial charge is 0.481 e. The van der Waals surface area contributed by atoms with Gasteiger partial charge in [0.25, 0.3) is 0 Å². The van der Waals surface area contributed by atoms with Gasteiger partial charge in [-0.1, -0.05) is 26.8 Å². The predicted octanol–water partition coefficient (Wildman–Crippen LogP) is 2.40. The van der Waals surface area contributed by atoms with Crippen LogP contribution in [0.3, 0.4) is 0 Å². The molecule has 0 radical (unpaired) electrons. The molecule has 0 spiro atoms. The van der Waals surface area contributed by atoms with Gasteiger partial charge in [-0.2, -0.15) is 0 Å². The maximum absolute atomic E-state index is 10.9. The number of hydrogen-bond acceptors (Lipinski definition) is 3. The van der Waals surface area contributed by atoms with Crippen LogP contribution in [-0.4, -0.2) is 21.8 Å². The van der Waals surface area contributed by atoms with Crippen molar-refractivity contribution in [2.75, 3.05) is 0 Å². The van der Waals surface area contributed by atoms with Gasteiger partial charge in [-0.25, -0.2) is 0 Å². The Balaban J connectivity index is 0.000000354. The van der Waals surface area contributed by atoms with Crippen molar-refractivity contribution < 1.29 is 14.7 Å². The number of ketones is 1. The Morgan fingerprint density at radius 1 is 1.12 bits per heavy atom. The summed E-state index contributed by atoms with van der Waals surface area (Å²) in [4.78, 5) is 25.2. The fraction of sp³-hybridized carbons (Fsp3) is 0.462. The molecule has 0 amide bonds. The summed E-state index contributed by atoms with van der Waals surface area (Å²) in [5.74, 6) is -2.21. The third-order valence-electron chi connectivity index (χ3n) is 2.09. The van der Waals surface area contributed by atoms with E-state index in [0.29, 0.717) is 0 Å². The number of carboxylic acids is 1. The predicted molar refractivity (Wildman–Crippen MR) is 65.5 cm³/mol. The second-order valence-corrected chi connectivity index (χ2v) is 4.77. The van der Waals surface area contributed by atoms with Gasteiger partial charge in [0, 0.05) is 12.4 Å². The summed E-state index contributed by atoms with van der Waals surface area (Å²) in [6.45, 7) is 6.54. The van der Waals surface area contributed by atoms with E-state index in [1.54, 1.807) is 33.2 Å². The second-order valence-electron chi connectivity index (χ2n) is 4.77. The first-order chi connectivity index (χ1) is 7.76. The molecule has 17 heavy (non-hydrogen) atoms. The molecule has 0 aromatic carbocycles. The van der Waals surface area contributed by atoms with E-state index < -0.39 is 17.3 Å². The number of Topliss-reactive ketones (excluding diaryl/α,β-unsaturated/α-hetero) is 1. The summed E-state index contributed by atoms with van der Waals surface area (Å²) in [5, 5.41) is 8.66. The minimum absolute atomic E-state index is 0.287. The molecular weight excluding hydrogens is 218 g/mol. The van der Waals surface area contributed by atoms with Gasteiger partial charge in [-0.3, -0.25) is 14.6 Å². The van der Waals surface area contributed by atoms with Crippen molar-refractivity contribution in [1.29, 1.82) is 0 Å². The average molecular weight is 237 g/mol. The van der Waals surface area contributed by atoms with Gasteiger partial charge in [0.05, 0.1) is 0 Å². The van der Waals surface area contributed by atoms with E-state index in [2.05, 4.69) is 4.98 Å². The number of pyridine rings is 1. The van der Waals surface area contributed by atoms with E-state index in [9.17, 15) is 9.59 Å². The van der Waals surface area contributed by atoms with Crippen LogP contribution < -0.4 is 0 Å². The van der Waals surface area contributed by atoms with Crippen LogP contribution in [0.1, 0.15) is 27.7 Å². The number of carboxylic acid groups (broad SMARTS) is 1. The quantitative estimate of drug-likeness (QED) is 0.802. The number of carbonyl (C=O) groups excluding carboxylic acids is 1. The van der Waals surface area contributed by atoms with Gasteiger partial charge in [-0.15, -0.1) is 0 Å². The summed E-state index contributed by atoms with van der Waals surface area (Å²) in [7, 11) is 0. The zero-order valence-corrected chi connectivity index (χ0v) is 10.7. The molecule has 0 aliphatic rings. The van der Waals surface area contributed by atoms with Crippen molar-refractivity contribution in [1.82, 2.24) is 4.98 Å². The van der Waals surface area contributed by atoms with Gasteiger partial charge < -0.3 is 5.11 Å². The normalized spacial score (nSPS) is 12.0. The van der Waals surface area contributed by atoms with E-state index in [-0.39, 0.29) is 5.78 Å². The van der Waals surface area contributed by atoms with E-state index in [0.717, 1.165) is 0 Å². The third-order valence-corrected chi connectivity index (χ3v) is 2.09. The summed E-state index contributed by atoms with van der Waals surface area (Å²) in [6.07, 6.45) is 3.50. The first-order valence-corrected chi connectivity index (χ1v) is 5.35.